The molecule has 12 nitrogen and oxygen atoms in total. The summed E-state index contributed by atoms with van der Waals surface area (Å²) < 4.78 is 3.41. The van der Waals surface area contributed by atoms with E-state index in [1.807, 2.05) is 12.4 Å². The van der Waals surface area contributed by atoms with Gasteiger partial charge in [-0.15, -0.1) is 10.2 Å². The summed E-state index contributed by atoms with van der Waals surface area (Å²) >= 11 is 0. The van der Waals surface area contributed by atoms with Crippen LogP contribution in [0.25, 0.3) is 0 Å². The first kappa shape index (κ1) is 33.0. The molecule has 0 aromatic carbocycles. The molecule has 0 radical (unpaired) electrons. The van der Waals surface area contributed by atoms with Crippen molar-refractivity contribution in [3.05, 3.63) is 23.8 Å². The Morgan fingerprint density at radius 2 is 0.960 bits per heavy atom. The number of carbonyl (C=O) groups excluding carboxylic acids is 2. The van der Waals surface area contributed by atoms with Gasteiger partial charge in [-0.25, -0.2) is 9.36 Å². The van der Waals surface area contributed by atoms with Gasteiger partial charge in [-0.05, 0) is 111 Å². The molecule has 272 valence electrons. The van der Waals surface area contributed by atoms with Gasteiger partial charge in [0.2, 0.25) is 11.8 Å². The van der Waals surface area contributed by atoms with Crippen LogP contribution in [0.4, 0.5) is 0 Å². The van der Waals surface area contributed by atoms with Crippen LogP contribution < -0.4 is 10.6 Å². The van der Waals surface area contributed by atoms with Crippen LogP contribution in [0, 0.1) is 33.5 Å². The fraction of sp³-hybridized carbons (Fsp3) is 0.842. The summed E-state index contributed by atoms with van der Waals surface area (Å²) in [6.45, 7) is 15.4. The summed E-state index contributed by atoms with van der Waals surface area (Å²) in [5.74, 6) is 1.62. The first-order chi connectivity index (χ1) is 23.7. The van der Waals surface area contributed by atoms with Crippen LogP contribution in [0.15, 0.2) is 12.4 Å². The van der Waals surface area contributed by atoms with Gasteiger partial charge in [-0.2, -0.15) is 0 Å². The number of amides is 2. The second-order valence-electron chi connectivity index (χ2n) is 20.3. The third-order valence-corrected chi connectivity index (χ3v) is 14.1. The number of hydrogen-bond acceptors (Lipinski definition) is 8. The van der Waals surface area contributed by atoms with E-state index >= 15 is 0 Å². The van der Waals surface area contributed by atoms with Crippen LogP contribution in [0.3, 0.4) is 0 Å². The Morgan fingerprint density at radius 1 is 0.600 bits per heavy atom. The molecule has 8 aliphatic carbocycles. The standard InChI is InChI=1S/C38H58N10O2/c1-33-9-27-10-34(2,21-33)24-37(13-27,23-33)39-31(49)19-47-17-29(41-43-47)15-45-5-7-46(8-6-45)16-30-18-48(44-42-30)20-32(50)40-38-14-28-11-35(3,25-38)22-36(4,12-28)26-38/h17-18,27-28H,5-16,19-26H2,1-4H3,(H,39,49)(H,40,50). The smallest absolute Gasteiger partial charge is 0.242 e. The van der Waals surface area contributed by atoms with Gasteiger partial charge in [0.15, 0.2) is 0 Å². The molecular formula is C38H58N10O2. The quantitative estimate of drug-likeness (QED) is 0.386. The van der Waals surface area contributed by atoms with Crippen molar-refractivity contribution in [1.82, 2.24) is 50.4 Å². The molecule has 12 heteroatoms. The average molecular weight is 687 g/mol. The van der Waals surface area contributed by atoms with Crippen molar-refractivity contribution >= 4 is 11.8 Å². The van der Waals surface area contributed by atoms with Crippen molar-refractivity contribution < 1.29 is 9.59 Å². The van der Waals surface area contributed by atoms with Gasteiger partial charge in [-0.3, -0.25) is 19.4 Å². The van der Waals surface area contributed by atoms with Crippen molar-refractivity contribution in [2.75, 3.05) is 26.2 Å². The van der Waals surface area contributed by atoms with Crippen LogP contribution in [-0.4, -0.2) is 88.9 Å². The summed E-state index contributed by atoms with van der Waals surface area (Å²) in [4.78, 5) is 31.3. The minimum atomic E-state index is -0.0445. The van der Waals surface area contributed by atoms with E-state index in [2.05, 4.69) is 68.8 Å². The molecule has 4 unspecified atom stereocenters. The fourth-order valence-electron chi connectivity index (χ4n) is 14.7. The molecule has 8 bridgehead atoms. The third kappa shape index (κ3) is 6.41. The zero-order valence-corrected chi connectivity index (χ0v) is 30.8. The number of carbonyl (C=O) groups is 2. The van der Waals surface area contributed by atoms with E-state index < -0.39 is 0 Å². The van der Waals surface area contributed by atoms with Crippen LogP contribution in [0.1, 0.15) is 116 Å². The fourth-order valence-corrected chi connectivity index (χ4v) is 14.7. The first-order valence-electron chi connectivity index (χ1n) is 19.5. The van der Waals surface area contributed by atoms with E-state index in [-0.39, 0.29) is 36.0 Å². The van der Waals surface area contributed by atoms with Crippen molar-refractivity contribution in [2.24, 2.45) is 33.5 Å². The summed E-state index contributed by atoms with van der Waals surface area (Å²) in [6, 6.07) is 0. The van der Waals surface area contributed by atoms with E-state index in [9.17, 15) is 9.59 Å². The molecule has 2 N–H and O–H groups in total. The minimum Gasteiger partial charge on any atom is -0.349 e. The van der Waals surface area contributed by atoms with Crippen molar-refractivity contribution in [3.8, 4) is 0 Å². The van der Waals surface area contributed by atoms with Gasteiger partial charge in [0.25, 0.3) is 0 Å². The first-order valence-corrected chi connectivity index (χ1v) is 19.5. The van der Waals surface area contributed by atoms with Crippen LogP contribution in [-0.2, 0) is 35.8 Å². The Hall–Kier alpha value is -2.86. The number of hydrogen-bond donors (Lipinski definition) is 2. The predicted octanol–water partition coefficient (Wildman–Crippen LogP) is 3.92. The maximum atomic E-state index is 13.3. The molecule has 4 atom stereocenters. The van der Waals surface area contributed by atoms with Crippen LogP contribution >= 0.6 is 0 Å². The Labute approximate surface area is 296 Å². The molecule has 1 aliphatic heterocycles. The van der Waals surface area contributed by atoms with Crippen LogP contribution in [0.5, 0.6) is 0 Å². The SMILES string of the molecule is CC12CC3CC(C)(C1)CC(NC(=O)Cn1cc(CN4CCN(Cc5cn(CC(=O)NC67CC8CC(C)(CC(C)(C8)C6)C7)nn5)CC4)nn1)(C3)C2. The molecule has 11 rings (SSSR count). The normalized spacial score (nSPS) is 41.9. The highest BCUT2D eigenvalue weighted by Gasteiger charge is 2.61. The molecule has 1 saturated heterocycles. The topological polar surface area (TPSA) is 126 Å². The molecule has 0 spiro atoms. The number of nitrogens with one attached hydrogen (secondary N) is 2. The summed E-state index contributed by atoms with van der Waals surface area (Å²) in [6.07, 6.45) is 18.5. The van der Waals surface area contributed by atoms with Gasteiger partial charge >= 0.3 is 0 Å². The van der Waals surface area contributed by atoms with Gasteiger partial charge in [0, 0.05) is 50.3 Å². The monoisotopic (exact) mass is 686 g/mol. The Morgan fingerprint density at radius 3 is 1.30 bits per heavy atom. The Balaban J connectivity index is 0.719. The highest BCUT2D eigenvalue weighted by Crippen LogP contribution is 2.67. The maximum Gasteiger partial charge on any atom is 0.242 e. The van der Waals surface area contributed by atoms with E-state index in [0.717, 1.165) is 101 Å². The molecule has 8 saturated carbocycles. The maximum absolute atomic E-state index is 13.3. The van der Waals surface area contributed by atoms with E-state index in [1.54, 1.807) is 9.36 Å². The van der Waals surface area contributed by atoms with E-state index in [4.69, 9.17) is 0 Å². The van der Waals surface area contributed by atoms with Gasteiger partial charge in [-0.1, -0.05) is 38.1 Å². The molecule has 2 aromatic heterocycles. The number of piperazine rings is 1. The molecule has 2 aromatic rings. The van der Waals surface area contributed by atoms with Crippen LogP contribution in [0.2, 0.25) is 0 Å². The Bertz CT molecular complexity index is 1500. The molecule has 50 heavy (non-hydrogen) atoms. The zero-order chi connectivity index (χ0) is 34.6. The summed E-state index contributed by atoms with van der Waals surface area (Å²) in [5.41, 5.74) is 3.19. The zero-order valence-electron chi connectivity index (χ0n) is 30.8. The second-order valence-corrected chi connectivity index (χ2v) is 20.3. The summed E-state index contributed by atoms with van der Waals surface area (Å²) in [7, 11) is 0. The summed E-state index contributed by atoms with van der Waals surface area (Å²) in [5, 5.41) is 24.5. The lowest BCUT2D eigenvalue weighted by atomic mass is 9.42. The largest absolute Gasteiger partial charge is 0.349 e. The highest BCUT2D eigenvalue weighted by molar-refractivity contribution is 5.77. The molecule has 9 fully saturated rings. The lowest BCUT2D eigenvalue weighted by Crippen LogP contribution is -2.65. The van der Waals surface area contributed by atoms with Crippen molar-refractivity contribution in [2.45, 2.75) is 142 Å². The average Bonchev–Trinajstić information content (AvgIpc) is 3.58. The third-order valence-electron chi connectivity index (χ3n) is 14.1. The van der Waals surface area contributed by atoms with Crippen molar-refractivity contribution in [1.29, 1.82) is 0 Å². The molecule has 3 heterocycles. The Kier molecular flexibility index (Phi) is 7.47. The molecule has 2 amide bonds. The van der Waals surface area contributed by atoms with Gasteiger partial charge < -0.3 is 10.6 Å². The second kappa shape index (κ2) is 11.3. The van der Waals surface area contributed by atoms with Crippen molar-refractivity contribution in [3.63, 3.8) is 0 Å². The number of nitrogens with zero attached hydrogens (tertiary/aromatic N) is 8. The predicted molar refractivity (Wildman–Crippen MR) is 187 cm³/mol. The van der Waals surface area contributed by atoms with Gasteiger partial charge in [0.1, 0.15) is 13.1 Å². The highest BCUT2D eigenvalue weighted by atomic mass is 16.2. The van der Waals surface area contributed by atoms with Gasteiger partial charge in [0.05, 0.1) is 23.8 Å². The number of aromatic nitrogens is 6. The minimum absolute atomic E-state index is 0.0445. The van der Waals surface area contributed by atoms with E-state index in [1.165, 1.54) is 38.5 Å². The molecular weight excluding hydrogens is 628 g/mol. The lowest BCUT2D eigenvalue weighted by molar-refractivity contribution is -0.141. The molecule has 9 aliphatic rings. The van der Waals surface area contributed by atoms with E-state index in [0.29, 0.717) is 21.7 Å². The lowest BCUT2D eigenvalue weighted by Gasteiger charge is -2.65. The number of rotatable bonds is 10.